The number of fused-ring (bicyclic) bond motifs is 1. The number of rotatable bonds is 5. The van der Waals surface area contributed by atoms with Crippen LogP contribution in [0.1, 0.15) is 27.7 Å². The van der Waals surface area contributed by atoms with Gasteiger partial charge in [-0.05, 0) is 36.2 Å². The minimum Gasteiger partial charge on any atom is -0.365 e. The predicted molar refractivity (Wildman–Crippen MR) is 108 cm³/mol. The average Bonchev–Trinajstić information content (AvgIpc) is 2.98. The van der Waals surface area contributed by atoms with E-state index in [-0.39, 0.29) is 17.6 Å². The van der Waals surface area contributed by atoms with Crippen LogP contribution in [0.4, 0.5) is 5.00 Å². The lowest BCUT2D eigenvalue weighted by Gasteiger charge is -2.25. The molecular formula is C18H18ClN3O3S2. The molecule has 0 atom stereocenters. The number of amides is 3. The maximum Gasteiger partial charge on any atom is 0.251 e. The molecule has 3 amide bonds. The standard InChI is InChI=1S/C18H18ClN3O3S2/c1-10(23)22-7-6-13-14(8-22)27-18(16(13)17(20)25)21-15(24)9-26-12-4-2-11(19)3-5-12/h2-5H,6-9H2,1H3,(H2,20,25)(H,21,24). The Hall–Kier alpha value is -2.03. The van der Waals surface area contributed by atoms with Crippen molar-refractivity contribution in [2.24, 2.45) is 5.73 Å². The third kappa shape index (κ3) is 4.63. The molecule has 0 radical (unpaired) electrons. The molecule has 0 fully saturated rings. The first-order valence-corrected chi connectivity index (χ1v) is 10.4. The number of thioether (sulfide) groups is 1. The van der Waals surface area contributed by atoms with Crippen LogP contribution in [0, 0.1) is 0 Å². The molecule has 2 aromatic rings. The van der Waals surface area contributed by atoms with Gasteiger partial charge in [-0.15, -0.1) is 23.1 Å². The van der Waals surface area contributed by atoms with Crippen LogP contribution >= 0.6 is 34.7 Å². The van der Waals surface area contributed by atoms with Crippen molar-refractivity contribution in [3.8, 4) is 0 Å². The summed E-state index contributed by atoms with van der Waals surface area (Å²) in [5.74, 6) is -0.606. The largest absolute Gasteiger partial charge is 0.365 e. The van der Waals surface area contributed by atoms with Gasteiger partial charge in [-0.25, -0.2) is 0 Å². The van der Waals surface area contributed by atoms with Crippen molar-refractivity contribution in [1.82, 2.24) is 4.90 Å². The number of hydrogen-bond donors (Lipinski definition) is 2. The van der Waals surface area contributed by atoms with Crippen LogP contribution in [0.25, 0.3) is 0 Å². The van der Waals surface area contributed by atoms with Crippen LogP contribution in [0.2, 0.25) is 5.02 Å². The molecule has 0 bridgehead atoms. The number of anilines is 1. The van der Waals surface area contributed by atoms with Gasteiger partial charge in [0.25, 0.3) is 5.91 Å². The van der Waals surface area contributed by atoms with Crippen molar-refractivity contribution in [1.29, 1.82) is 0 Å². The Labute approximate surface area is 170 Å². The van der Waals surface area contributed by atoms with E-state index in [2.05, 4.69) is 5.32 Å². The molecule has 2 heterocycles. The smallest absolute Gasteiger partial charge is 0.251 e. The highest BCUT2D eigenvalue weighted by Gasteiger charge is 2.28. The van der Waals surface area contributed by atoms with Crippen molar-refractivity contribution >= 4 is 57.4 Å². The molecule has 142 valence electrons. The first-order chi connectivity index (χ1) is 12.8. The van der Waals surface area contributed by atoms with E-state index in [0.29, 0.717) is 35.1 Å². The fourth-order valence-electron chi connectivity index (χ4n) is 2.86. The second kappa shape index (κ2) is 8.33. The van der Waals surface area contributed by atoms with E-state index in [4.69, 9.17) is 17.3 Å². The second-order valence-electron chi connectivity index (χ2n) is 6.05. The number of nitrogens with one attached hydrogen (secondary N) is 1. The normalized spacial score (nSPS) is 13.2. The van der Waals surface area contributed by atoms with Gasteiger partial charge < -0.3 is 16.0 Å². The van der Waals surface area contributed by atoms with E-state index in [9.17, 15) is 14.4 Å². The summed E-state index contributed by atoms with van der Waals surface area (Å²) in [5.41, 5.74) is 6.75. The molecule has 3 rings (SSSR count). The maximum absolute atomic E-state index is 12.3. The zero-order valence-electron chi connectivity index (χ0n) is 14.6. The van der Waals surface area contributed by atoms with Crippen LogP contribution in [0.3, 0.4) is 0 Å². The van der Waals surface area contributed by atoms with Gasteiger partial charge in [-0.2, -0.15) is 0 Å². The third-order valence-electron chi connectivity index (χ3n) is 4.19. The zero-order chi connectivity index (χ0) is 19.6. The van der Waals surface area contributed by atoms with E-state index in [1.165, 1.54) is 30.0 Å². The summed E-state index contributed by atoms with van der Waals surface area (Å²) in [6.07, 6.45) is 0.555. The van der Waals surface area contributed by atoms with Crippen LogP contribution in [0.15, 0.2) is 29.2 Å². The summed E-state index contributed by atoms with van der Waals surface area (Å²) < 4.78 is 0. The van der Waals surface area contributed by atoms with E-state index in [0.717, 1.165) is 15.3 Å². The van der Waals surface area contributed by atoms with Crippen LogP contribution in [-0.2, 0) is 22.6 Å². The minimum absolute atomic E-state index is 0.0142. The predicted octanol–water partition coefficient (Wildman–Crippen LogP) is 3.14. The van der Waals surface area contributed by atoms with Gasteiger partial charge >= 0.3 is 0 Å². The van der Waals surface area contributed by atoms with Crippen molar-refractivity contribution in [3.63, 3.8) is 0 Å². The number of carbonyl (C=O) groups excluding carboxylic acids is 3. The SMILES string of the molecule is CC(=O)N1CCc2c(sc(NC(=O)CSc3ccc(Cl)cc3)c2C(N)=O)C1. The van der Waals surface area contributed by atoms with Gasteiger partial charge in [0, 0.05) is 28.3 Å². The Morgan fingerprint density at radius 2 is 2.00 bits per heavy atom. The lowest BCUT2D eigenvalue weighted by molar-refractivity contribution is -0.129. The highest BCUT2D eigenvalue weighted by molar-refractivity contribution is 8.00. The lowest BCUT2D eigenvalue weighted by Crippen LogP contribution is -2.34. The molecule has 9 heteroatoms. The van der Waals surface area contributed by atoms with Crippen molar-refractivity contribution < 1.29 is 14.4 Å². The van der Waals surface area contributed by atoms with Crippen molar-refractivity contribution in [3.05, 3.63) is 45.3 Å². The molecule has 0 saturated carbocycles. The summed E-state index contributed by atoms with van der Waals surface area (Å²) in [5, 5.41) is 3.90. The molecule has 1 aromatic carbocycles. The number of thiophene rings is 1. The van der Waals surface area contributed by atoms with Gasteiger partial charge in [0.15, 0.2) is 0 Å². The molecule has 1 aromatic heterocycles. The van der Waals surface area contributed by atoms with Crippen molar-refractivity contribution in [2.75, 3.05) is 17.6 Å². The Bertz CT molecular complexity index is 896. The van der Waals surface area contributed by atoms with Crippen LogP contribution < -0.4 is 11.1 Å². The molecule has 0 aliphatic carbocycles. The summed E-state index contributed by atoms with van der Waals surface area (Å²) in [6, 6.07) is 7.22. The summed E-state index contributed by atoms with van der Waals surface area (Å²) in [6.45, 7) is 2.49. The van der Waals surface area contributed by atoms with E-state index >= 15 is 0 Å². The van der Waals surface area contributed by atoms with Crippen LogP contribution in [-0.4, -0.2) is 34.9 Å². The fraction of sp³-hybridized carbons (Fsp3) is 0.278. The quantitative estimate of drug-likeness (QED) is 0.722. The molecule has 6 nitrogen and oxygen atoms in total. The lowest BCUT2D eigenvalue weighted by atomic mass is 10.0. The number of primary amides is 1. The highest BCUT2D eigenvalue weighted by Crippen LogP contribution is 2.37. The minimum atomic E-state index is -0.565. The maximum atomic E-state index is 12.3. The molecular weight excluding hydrogens is 406 g/mol. The number of benzene rings is 1. The number of nitrogens with zero attached hydrogens (tertiary/aromatic N) is 1. The third-order valence-corrected chi connectivity index (χ3v) is 6.58. The van der Waals surface area contributed by atoms with Gasteiger partial charge in [-0.1, -0.05) is 11.6 Å². The molecule has 3 N–H and O–H groups in total. The highest BCUT2D eigenvalue weighted by atomic mass is 35.5. The topological polar surface area (TPSA) is 92.5 Å². The molecule has 1 aliphatic rings. The number of halogens is 1. The average molecular weight is 424 g/mol. The van der Waals surface area contributed by atoms with Gasteiger partial charge in [0.1, 0.15) is 5.00 Å². The van der Waals surface area contributed by atoms with Gasteiger partial charge in [-0.3, -0.25) is 14.4 Å². The Balaban J connectivity index is 1.72. The van der Waals surface area contributed by atoms with E-state index in [1.54, 1.807) is 17.0 Å². The Morgan fingerprint density at radius 1 is 1.30 bits per heavy atom. The second-order valence-corrected chi connectivity index (χ2v) is 8.64. The zero-order valence-corrected chi connectivity index (χ0v) is 17.0. The van der Waals surface area contributed by atoms with Gasteiger partial charge in [0.05, 0.1) is 17.9 Å². The molecule has 0 unspecified atom stereocenters. The number of hydrogen-bond acceptors (Lipinski definition) is 5. The fourth-order valence-corrected chi connectivity index (χ4v) is 4.97. The monoisotopic (exact) mass is 423 g/mol. The first-order valence-electron chi connectivity index (χ1n) is 8.23. The molecule has 0 spiro atoms. The molecule has 0 saturated heterocycles. The van der Waals surface area contributed by atoms with E-state index in [1.807, 2.05) is 12.1 Å². The molecule has 1 aliphatic heterocycles. The Kier molecular flexibility index (Phi) is 6.08. The van der Waals surface area contributed by atoms with Crippen LogP contribution in [0.5, 0.6) is 0 Å². The number of carbonyl (C=O) groups is 3. The summed E-state index contributed by atoms with van der Waals surface area (Å²) >= 11 is 8.54. The van der Waals surface area contributed by atoms with Crippen molar-refractivity contribution in [2.45, 2.75) is 24.8 Å². The number of nitrogens with two attached hydrogens (primary N) is 1. The Morgan fingerprint density at radius 3 is 2.63 bits per heavy atom. The molecule has 27 heavy (non-hydrogen) atoms. The summed E-state index contributed by atoms with van der Waals surface area (Å²) in [4.78, 5) is 39.4. The van der Waals surface area contributed by atoms with Gasteiger partial charge in [0.2, 0.25) is 11.8 Å². The first kappa shape index (κ1) is 19.7. The summed E-state index contributed by atoms with van der Waals surface area (Å²) in [7, 11) is 0. The van der Waals surface area contributed by atoms with E-state index < -0.39 is 5.91 Å².